The fourth-order valence-electron chi connectivity index (χ4n) is 2.18. The molecule has 0 saturated carbocycles. The van der Waals surface area contributed by atoms with Gasteiger partial charge in [-0.1, -0.05) is 15.9 Å². The molecule has 0 spiro atoms. The lowest BCUT2D eigenvalue weighted by Crippen LogP contribution is -2.34. The Balaban J connectivity index is 2.33. The third kappa shape index (κ3) is 4.35. The number of nitrogens with zero attached hydrogens (tertiary/aromatic N) is 1. The molecule has 1 saturated heterocycles. The second kappa shape index (κ2) is 8.39. The van der Waals surface area contributed by atoms with Gasteiger partial charge in [-0.25, -0.2) is 0 Å². The number of thioether (sulfide) groups is 1. The van der Waals surface area contributed by atoms with Crippen molar-refractivity contribution in [1.82, 2.24) is 4.90 Å². The molecule has 0 aliphatic carbocycles. The highest BCUT2D eigenvalue weighted by Crippen LogP contribution is 2.39. The third-order valence-electron chi connectivity index (χ3n) is 3.23. The Hall–Kier alpha value is -2.00. The largest absolute Gasteiger partial charge is 0.493 e. The lowest BCUT2D eigenvalue weighted by atomic mass is 10.1. The van der Waals surface area contributed by atoms with Crippen LogP contribution in [0.15, 0.2) is 21.5 Å². The first-order valence-corrected chi connectivity index (χ1v) is 8.84. The molecule has 1 aliphatic rings. The van der Waals surface area contributed by atoms with Crippen LogP contribution in [0.1, 0.15) is 12.5 Å². The van der Waals surface area contributed by atoms with Gasteiger partial charge in [0.2, 0.25) is 0 Å². The number of amides is 2. The molecule has 2 amide bonds. The van der Waals surface area contributed by atoms with Crippen LogP contribution in [0, 0.1) is 0 Å². The van der Waals surface area contributed by atoms with Gasteiger partial charge in [0.15, 0.2) is 11.5 Å². The minimum atomic E-state index is -0.632. The summed E-state index contributed by atoms with van der Waals surface area (Å²) in [7, 11) is 2.98. The molecule has 1 aliphatic heterocycles. The van der Waals surface area contributed by atoms with Crippen molar-refractivity contribution in [2.45, 2.75) is 6.92 Å². The van der Waals surface area contributed by atoms with E-state index in [0.717, 1.165) is 21.1 Å². The van der Waals surface area contributed by atoms with E-state index in [-0.39, 0.29) is 11.5 Å². The molecule has 0 radical (unpaired) electrons. The van der Waals surface area contributed by atoms with Crippen molar-refractivity contribution in [1.29, 1.82) is 0 Å². The summed E-state index contributed by atoms with van der Waals surface area (Å²) in [6.45, 7) is 1.42. The van der Waals surface area contributed by atoms with Crippen molar-refractivity contribution in [2.75, 3.05) is 27.4 Å². The van der Waals surface area contributed by atoms with E-state index in [2.05, 4.69) is 15.9 Å². The topological polar surface area (TPSA) is 82.1 Å². The summed E-state index contributed by atoms with van der Waals surface area (Å²) in [6, 6.07) is 3.46. The lowest BCUT2D eigenvalue weighted by Gasteiger charge is -2.12. The van der Waals surface area contributed by atoms with Crippen molar-refractivity contribution in [2.24, 2.45) is 0 Å². The van der Waals surface area contributed by atoms with Crippen LogP contribution in [0.3, 0.4) is 0 Å². The minimum absolute atomic E-state index is 0.180. The number of hydrogen-bond donors (Lipinski definition) is 0. The van der Waals surface area contributed by atoms with E-state index >= 15 is 0 Å². The molecule has 25 heavy (non-hydrogen) atoms. The van der Waals surface area contributed by atoms with E-state index in [1.165, 1.54) is 20.3 Å². The van der Waals surface area contributed by atoms with Crippen molar-refractivity contribution in [3.05, 3.63) is 27.1 Å². The van der Waals surface area contributed by atoms with Crippen molar-refractivity contribution >= 4 is 50.9 Å². The van der Waals surface area contributed by atoms with E-state index in [1.807, 2.05) is 0 Å². The molecule has 0 bridgehead atoms. The van der Waals surface area contributed by atoms with E-state index in [9.17, 15) is 14.4 Å². The highest BCUT2D eigenvalue weighted by molar-refractivity contribution is 9.10. The second-order valence-corrected chi connectivity index (χ2v) is 6.71. The number of carbonyl (C=O) groups excluding carboxylic acids is 3. The predicted molar refractivity (Wildman–Crippen MR) is 96.6 cm³/mol. The number of methoxy groups -OCH3 is 2. The van der Waals surface area contributed by atoms with Gasteiger partial charge >= 0.3 is 5.97 Å². The molecule has 134 valence electrons. The molecule has 9 heteroatoms. The van der Waals surface area contributed by atoms with Gasteiger partial charge in [0.25, 0.3) is 11.1 Å². The standard InChI is InChI=1S/C16H16BrNO6S/c1-4-24-13(19)8-18-15(20)12(25-16(18)21)6-9-5-10(17)7-11(22-2)14(9)23-3/h5-7H,4,8H2,1-3H3. The molecule has 0 unspecified atom stereocenters. The fraction of sp³-hybridized carbons (Fsp3) is 0.312. The van der Waals surface area contributed by atoms with E-state index in [4.69, 9.17) is 14.2 Å². The summed E-state index contributed by atoms with van der Waals surface area (Å²) in [4.78, 5) is 37.0. The molecule has 1 aromatic carbocycles. The van der Waals surface area contributed by atoms with Gasteiger partial charge < -0.3 is 14.2 Å². The third-order valence-corrected chi connectivity index (χ3v) is 4.59. The first-order chi connectivity index (χ1) is 11.9. The quantitative estimate of drug-likeness (QED) is 0.507. The zero-order chi connectivity index (χ0) is 18.6. The van der Waals surface area contributed by atoms with Crippen LogP contribution < -0.4 is 9.47 Å². The Kier molecular flexibility index (Phi) is 6.49. The Morgan fingerprint density at radius 3 is 2.60 bits per heavy atom. The number of carbonyl (C=O) groups is 3. The molecule has 1 aromatic rings. The SMILES string of the molecule is CCOC(=O)CN1C(=O)SC(=Cc2cc(Br)cc(OC)c2OC)C1=O. The lowest BCUT2D eigenvalue weighted by molar-refractivity contribution is -0.145. The zero-order valence-electron chi connectivity index (χ0n) is 13.8. The summed E-state index contributed by atoms with van der Waals surface area (Å²) in [6.07, 6.45) is 1.53. The molecule has 2 rings (SSSR count). The maximum Gasteiger partial charge on any atom is 0.326 e. The zero-order valence-corrected chi connectivity index (χ0v) is 16.2. The summed E-state index contributed by atoms with van der Waals surface area (Å²) >= 11 is 4.11. The predicted octanol–water partition coefficient (Wildman–Crippen LogP) is 3.07. The van der Waals surface area contributed by atoms with E-state index in [0.29, 0.717) is 17.1 Å². The average molecular weight is 430 g/mol. The smallest absolute Gasteiger partial charge is 0.326 e. The van der Waals surface area contributed by atoms with Gasteiger partial charge in [0, 0.05) is 10.0 Å². The summed E-state index contributed by atoms with van der Waals surface area (Å²) < 4.78 is 16.1. The van der Waals surface area contributed by atoms with Crippen LogP contribution in [0.2, 0.25) is 0 Å². The van der Waals surface area contributed by atoms with Crippen LogP contribution >= 0.6 is 27.7 Å². The van der Waals surface area contributed by atoms with Crippen molar-refractivity contribution in [3.63, 3.8) is 0 Å². The van der Waals surface area contributed by atoms with Gasteiger partial charge in [-0.15, -0.1) is 0 Å². The number of esters is 1. The molecule has 1 fully saturated rings. The monoisotopic (exact) mass is 429 g/mol. The Morgan fingerprint density at radius 2 is 2.00 bits per heavy atom. The highest BCUT2D eigenvalue weighted by Gasteiger charge is 2.36. The van der Waals surface area contributed by atoms with Gasteiger partial charge in [-0.2, -0.15) is 0 Å². The minimum Gasteiger partial charge on any atom is -0.493 e. The molecular formula is C16H16BrNO6S. The molecule has 0 aromatic heterocycles. The second-order valence-electron chi connectivity index (χ2n) is 4.80. The van der Waals surface area contributed by atoms with Crippen LogP contribution in [-0.4, -0.2) is 49.4 Å². The van der Waals surface area contributed by atoms with Crippen LogP contribution in [-0.2, 0) is 14.3 Å². The molecule has 0 N–H and O–H groups in total. The maximum absolute atomic E-state index is 12.4. The fourth-order valence-corrected chi connectivity index (χ4v) is 3.46. The number of rotatable bonds is 6. The number of halogens is 1. The molecule has 7 nitrogen and oxygen atoms in total. The summed E-state index contributed by atoms with van der Waals surface area (Å²) in [5, 5.41) is -0.523. The summed E-state index contributed by atoms with van der Waals surface area (Å²) in [5.74, 6) is -0.270. The molecular weight excluding hydrogens is 414 g/mol. The first-order valence-electron chi connectivity index (χ1n) is 7.23. The van der Waals surface area contributed by atoms with Crippen LogP contribution in [0.25, 0.3) is 6.08 Å². The van der Waals surface area contributed by atoms with Crippen LogP contribution in [0.4, 0.5) is 4.79 Å². The Labute approximate surface area is 157 Å². The summed E-state index contributed by atoms with van der Waals surface area (Å²) in [5.41, 5.74) is 0.565. The first kappa shape index (κ1) is 19.3. The van der Waals surface area contributed by atoms with E-state index < -0.39 is 23.7 Å². The number of benzene rings is 1. The Bertz CT molecular complexity index is 748. The number of imide groups is 1. The maximum atomic E-state index is 12.4. The molecule has 0 atom stereocenters. The van der Waals surface area contributed by atoms with Crippen LogP contribution in [0.5, 0.6) is 11.5 Å². The number of hydrogen-bond acceptors (Lipinski definition) is 7. The van der Waals surface area contributed by atoms with Crippen molar-refractivity contribution < 1.29 is 28.6 Å². The average Bonchev–Trinajstić information content (AvgIpc) is 2.82. The van der Waals surface area contributed by atoms with Gasteiger partial charge in [0.05, 0.1) is 25.7 Å². The van der Waals surface area contributed by atoms with Gasteiger partial charge in [-0.3, -0.25) is 19.3 Å². The van der Waals surface area contributed by atoms with Crippen molar-refractivity contribution in [3.8, 4) is 11.5 Å². The van der Waals surface area contributed by atoms with Gasteiger partial charge in [0.1, 0.15) is 6.54 Å². The normalized spacial score (nSPS) is 15.7. The number of ether oxygens (including phenoxy) is 3. The highest BCUT2D eigenvalue weighted by atomic mass is 79.9. The Morgan fingerprint density at radius 1 is 1.28 bits per heavy atom. The molecule has 1 heterocycles. The van der Waals surface area contributed by atoms with E-state index in [1.54, 1.807) is 19.1 Å². The van der Waals surface area contributed by atoms with Gasteiger partial charge in [-0.05, 0) is 36.9 Å².